The average molecular weight is 462 g/mol. The number of nitriles is 1. The number of rotatable bonds is 8. The highest BCUT2D eigenvalue weighted by molar-refractivity contribution is 6.08. The molecule has 1 aromatic rings. The molecule has 0 heterocycles. The van der Waals surface area contributed by atoms with Gasteiger partial charge >= 0.3 is 17.9 Å². The summed E-state index contributed by atoms with van der Waals surface area (Å²) in [5.41, 5.74) is -3.68. The number of carbonyl (C=O) groups is 3. The predicted octanol–water partition coefficient (Wildman–Crippen LogP) is 1.40. The Morgan fingerprint density at radius 1 is 1.06 bits per heavy atom. The highest BCUT2D eigenvalue weighted by atomic mass is 16.7. The molecule has 0 amide bonds. The number of non-ortho nitro benzene ring substituents is 1. The van der Waals surface area contributed by atoms with Crippen LogP contribution in [0.3, 0.4) is 0 Å². The first kappa shape index (κ1) is 25.4. The molecule has 1 aliphatic carbocycles. The zero-order valence-corrected chi connectivity index (χ0v) is 18.6. The van der Waals surface area contributed by atoms with Crippen LogP contribution >= 0.6 is 0 Å². The summed E-state index contributed by atoms with van der Waals surface area (Å²) in [6.45, 7) is 1.34. The van der Waals surface area contributed by atoms with Crippen molar-refractivity contribution >= 4 is 23.6 Å². The van der Waals surface area contributed by atoms with Crippen molar-refractivity contribution in [3.05, 3.63) is 51.1 Å². The summed E-state index contributed by atoms with van der Waals surface area (Å²) in [6, 6.07) is 6.57. The van der Waals surface area contributed by atoms with Crippen molar-refractivity contribution in [2.45, 2.75) is 18.6 Å². The molecule has 2 rings (SSSR count). The Balaban J connectivity index is 3.08. The Hall–Kier alpha value is -3.82. The normalized spacial score (nSPS) is 21.2. The van der Waals surface area contributed by atoms with Crippen LogP contribution in [0.4, 0.5) is 5.69 Å². The van der Waals surface area contributed by atoms with Gasteiger partial charge in [-0.25, -0.2) is 9.59 Å². The zero-order valence-electron chi connectivity index (χ0n) is 18.6. The molecule has 1 aromatic carbocycles. The number of carbonyl (C=O) groups excluding carboxylic acids is 3. The molecule has 0 aliphatic heterocycles. The lowest BCUT2D eigenvalue weighted by molar-refractivity contribution is -0.384. The van der Waals surface area contributed by atoms with E-state index in [4.69, 9.17) is 23.7 Å². The second-order valence-corrected chi connectivity index (χ2v) is 6.72. The molecule has 0 saturated heterocycles. The molecule has 2 atom stereocenters. The fourth-order valence-electron chi connectivity index (χ4n) is 4.10. The minimum Gasteiger partial charge on any atom is -0.466 e. The summed E-state index contributed by atoms with van der Waals surface area (Å²) < 4.78 is 25.8. The summed E-state index contributed by atoms with van der Waals surface area (Å²) in [4.78, 5) is 49.6. The lowest BCUT2D eigenvalue weighted by Crippen LogP contribution is -2.57. The minimum atomic E-state index is -2.48. The largest absolute Gasteiger partial charge is 0.466 e. The Labute approximate surface area is 188 Å². The summed E-state index contributed by atoms with van der Waals surface area (Å²) in [6.07, 6.45) is 0. The van der Waals surface area contributed by atoms with Gasteiger partial charge in [0.25, 0.3) is 5.69 Å². The number of hydrogen-bond donors (Lipinski definition) is 0. The van der Waals surface area contributed by atoms with Crippen LogP contribution in [0.15, 0.2) is 35.4 Å². The van der Waals surface area contributed by atoms with Crippen molar-refractivity contribution in [3.8, 4) is 6.07 Å². The van der Waals surface area contributed by atoms with E-state index in [1.54, 1.807) is 0 Å². The van der Waals surface area contributed by atoms with E-state index >= 15 is 0 Å². The van der Waals surface area contributed by atoms with Crippen LogP contribution in [-0.2, 0) is 38.1 Å². The molecule has 2 unspecified atom stereocenters. The molecule has 0 aromatic heterocycles. The number of nitro benzene ring substituents is 1. The van der Waals surface area contributed by atoms with Crippen LogP contribution in [0.2, 0.25) is 0 Å². The van der Waals surface area contributed by atoms with Crippen LogP contribution in [0.25, 0.3) is 0 Å². The zero-order chi connectivity index (χ0) is 25.0. The number of methoxy groups -OCH3 is 4. The van der Waals surface area contributed by atoms with Crippen LogP contribution in [-0.4, -0.2) is 63.7 Å². The van der Waals surface area contributed by atoms with E-state index in [1.807, 2.05) is 6.07 Å². The fourth-order valence-corrected chi connectivity index (χ4v) is 4.10. The van der Waals surface area contributed by atoms with Crippen LogP contribution in [0.1, 0.15) is 18.4 Å². The third-order valence-electron chi connectivity index (χ3n) is 5.42. The van der Waals surface area contributed by atoms with E-state index in [2.05, 4.69) is 0 Å². The first-order chi connectivity index (χ1) is 15.7. The van der Waals surface area contributed by atoms with Crippen molar-refractivity contribution in [2.75, 3.05) is 35.0 Å². The number of nitro groups is 1. The number of ether oxygens (including phenoxy) is 5. The maximum Gasteiger partial charge on any atom is 0.339 e. The summed E-state index contributed by atoms with van der Waals surface area (Å²) in [7, 11) is 4.21. The molecule has 0 saturated carbocycles. The third-order valence-corrected chi connectivity index (χ3v) is 5.42. The van der Waals surface area contributed by atoms with Gasteiger partial charge in [-0.2, -0.15) is 5.26 Å². The van der Waals surface area contributed by atoms with Crippen molar-refractivity contribution < 1.29 is 43.0 Å². The molecule has 0 radical (unpaired) electrons. The Bertz CT molecular complexity index is 1040. The Kier molecular flexibility index (Phi) is 7.53. The smallest absolute Gasteiger partial charge is 0.339 e. The van der Waals surface area contributed by atoms with E-state index in [1.165, 1.54) is 19.1 Å². The van der Waals surface area contributed by atoms with Crippen molar-refractivity contribution in [2.24, 2.45) is 5.41 Å². The third kappa shape index (κ3) is 3.61. The Morgan fingerprint density at radius 3 is 2.00 bits per heavy atom. The molecule has 0 fully saturated rings. The highest BCUT2D eigenvalue weighted by Crippen LogP contribution is 2.61. The van der Waals surface area contributed by atoms with Gasteiger partial charge in [0.15, 0.2) is 0 Å². The lowest BCUT2D eigenvalue weighted by Gasteiger charge is -2.40. The fraction of sp³-hybridized carbons (Fsp3) is 0.429. The molecule has 12 heteroatoms. The summed E-state index contributed by atoms with van der Waals surface area (Å²) in [5.74, 6) is -7.33. The van der Waals surface area contributed by atoms with E-state index in [-0.39, 0.29) is 17.9 Å². The van der Waals surface area contributed by atoms with E-state index in [0.717, 1.165) is 40.6 Å². The molecule has 33 heavy (non-hydrogen) atoms. The van der Waals surface area contributed by atoms with E-state index in [9.17, 15) is 29.8 Å². The molecule has 1 aliphatic rings. The molecule has 176 valence electrons. The topological polar surface area (TPSA) is 164 Å². The first-order valence-electron chi connectivity index (χ1n) is 9.51. The van der Waals surface area contributed by atoms with Crippen LogP contribution < -0.4 is 0 Å². The van der Waals surface area contributed by atoms with Crippen molar-refractivity contribution in [3.63, 3.8) is 0 Å². The van der Waals surface area contributed by atoms with Gasteiger partial charge < -0.3 is 23.7 Å². The van der Waals surface area contributed by atoms with Crippen molar-refractivity contribution in [1.82, 2.24) is 0 Å². The molecule has 0 bridgehead atoms. The maximum absolute atomic E-state index is 13.4. The monoisotopic (exact) mass is 462 g/mol. The van der Waals surface area contributed by atoms with Crippen molar-refractivity contribution in [1.29, 1.82) is 5.26 Å². The quantitative estimate of drug-likeness (QED) is 0.180. The highest BCUT2D eigenvalue weighted by Gasteiger charge is 2.75. The van der Waals surface area contributed by atoms with E-state index in [0.29, 0.717) is 0 Å². The SMILES string of the molecule is CCOC(=O)C1(C#N)C(c2ccc([N+](=O)[O-])cc2)C(C(=O)OC)=C(C(=O)OC)C1(OC)OC. The van der Waals surface area contributed by atoms with Crippen LogP contribution in [0, 0.1) is 26.9 Å². The average Bonchev–Trinajstić information content (AvgIpc) is 3.10. The standard InChI is InChI=1S/C21H22N2O10/c1-6-33-19(26)20(11-22)15(12-7-9-13(10-8-12)23(27)28)14(17(24)29-2)16(18(25)30-3)21(20,31-4)32-5/h7-10,15H,6H2,1-5H3. The van der Waals surface area contributed by atoms with E-state index < -0.39 is 51.1 Å². The van der Waals surface area contributed by atoms with Gasteiger partial charge in [0, 0.05) is 26.4 Å². The molecule has 12 nitrogen and oxygen atoms in total. The number of hydrogen-bond acceptors (Lipinski definition) is 11. The number of esters is 3. The van der Waals surface area contributed by atoms with Gasteiger partial charge in [-0.15, -0.1) is 0 Å². The van der Waals surface area contributed by atoms with Gasteiger partial charge in [-0.1, -0.05) is 12.1 Å². The Morgan fingerprint density at radius 2 is 1.61 bits per heavy atom. The van der Waals surface area contributed by atoms with Gasteiger partial charge in [-0.3, -0.25) is 14.9 Å². The maximum atomic E-state index is 13.4. The predicted molar refractivity (Wildman–Crippen MR) is 108 cm³/mol. The first-order valence-corrected chi connectivity index (χ1v) is 9.51. The summed E-state index contributed by atoms with van der Waals surface area (Å²) in [5, 5.41) is 21.5. The van der Waals surface area contributed by atoms with Crippen LogP contribution in [0.5, 0.6) is 0 Å². The molecular formula is C21H22N2O10. The second-order valence-electron chi connectivity index (χ2n) is 6.72. The number of nitrogens with zero attached hydrogens (tertiary/aromatic N) is 2. The second kappa shape index (κ2) is 9.76. The molecule has 0 spiro atoms. The van der Waals surface area contributed by atoms with Gasteiger partial charge in [0.05, 0.1) is 43.3 Å². The molecule has 0 N–H and O–H groups in total. The van der Waals surface area contributed by atoms with Gasteiger partial charge in [0.1, 0.15) is 5.57 Å². The summed E-state index contributed by atoms with van der Waals surface area (Å²) >= 11 is 0. The lowest BCUT2D eigenvalue weighted by atomic mass is 9.69. The van der Waals surface area contributed by atoms with Gasteiger partial charge in [0.2, 0.25) is 11.2 Å². The molecular weight excluding hydrogens is 440 g/mol. The number of benzene rings is 1. The van der Waals surface area contributed by atoms with Gasteiger partial charge in [-0.05, 0) is 12.5 Å². The minimum absolute atomic E-state index is 0.0907.